The molecule has 30 heavy (non-hydrogen) atoms. The van der Waals surface area contributed by atoms with Crippen molar-refractivity contribution in [3.63, 3.8) is 0 Å². The van der Waals surface area contributed by atoms with E-state index in [1.54, 1.807) is 7.11 Å². The number of hydrogen-bond donors (Lipinski definition) is 1. The van der Waals surface area contributed by atoms with Crippen molar-refractivity contribution in [3.05, 3.63) is 71.8 Å². The van der Waals surface area contributed by atoms with E-state index in [0.717, 1.165) is 48.1 Å². The zero-order chi connectivity index (χ0) is 20.9. The van der Waals surface area contributed by atoms with Gasteiger partial charge in [0.2, 0.25) is 0 Å². The Labute approximate surface area is 178 Å². The van der Waals surface area contributed by atoms with Crippen LogP contribution in [-0.4, -0.2) is 37.2 Å². The van der Waals surface area contributed by atoms with E-state index in [9.17, 15) is 4.79 Å². The average molecular weight is 404 g/mol. The number of nitrogens with one attached hydrogen (secondary N) is 1. The zero-order valence-electron chi connectivity index (χ0n) is 17.7. The molecule has 1 aromatic heterocycles. The minimum Gasteiger partial charge on any atom is -0.383 e. The number of carbonyl (C=O) groups is 1. The smallest absolute Gasteiger partial charge is 0.252 e. The van der Waals surface area contributed by atoms with E-state index in [1.165, 1.54) is 0 Å². The van der Waals surface area contributed by atoms with E-state index >= 15 is 0 Å². The summed E-state index contributed by atoms with van der Waals surface area (Å²) in [7, 11) is 1.73. The maximum atomic E-state index is 13.4. The molecular formula is C25H29N3O2. The van der Waals surface area contributed by atoms with E-state index in [2.05, 4.69) is 29.3 Å². The summed E-state index contributed by atoms with van der Waals surface area (Å²) < 4.78 is 5.41. The van der Waals surface area contributed by atoms with Crippen LogP contribution >= 0.6 is 0 Å². The van der Waals surface area contributed by atoms with Crippen molar-refractivity contribution in [2.45, 2.75) is 38.3 Å². The fourth-order valence-corrected chi connectivity index (χ4v) is 4.34. The highest BCUT2D eigenvalue weighted by Crippen LogP contribution is 2.29. The molecule has 1 N–H and O–H groups in total. The molecule has 0 spiro atoms. The van der Waals surface area contributed by atoms with Crippen molar-refractivity contribution < 1.29 is 9.53 Å². The van der Waals surface area contributed by atoms with Crippen molar-refractivity contribution in [1.82, 2.24) is 10.3 Å². The van der Waals surface area contributed by atoms with Gasteiger partial charge in [-0.2, -0.15) is 0 Å². The van der Waals surface area contributed by atoms with Gasteiger partial charge in [0.1, 0.15) is 5.82 Å². The van der Waals surface area contributed by atoms with E-state index in [-0.39, 0.29) is 11.9 Å². The molecule has 2 aromatic carbocycles. The van der Waals surface area contributed by atoms with E-state index in [0.29, 0.717) is 18.2 Å². The number of hydrogen-bond acceptors (Lipinski definition) is 4. The van der Waals surface area contributed by atoms with E-state index < -0.39 is 0 Å². The standard InChI is InChI=1S/C25H29N3O2/c1-3-22(18-10-5-4-6-11-18)27-25(29)21-16-24(26-23-14-8-7-13-20(21)23)28-15-9-12-19(28)17-30-2/h4-8,10-11,13-14,16,19,22H,3,9,12,15,17H2,1-2H3,(H,27,29). The first-order chi connectivity index (χ1) is 14.7. The number of carbonyl (C=O) groups excluding carboxylic acids is 1. The molecule has 1 aliphatic rings. The number of nitrogens with zero attached hydrogens (tertiary/aromatic N) is 2. The Morgan fingerprint density at radius 1 is 1.20 bits per heavy atom. The third kappa shape index (κ3) is 4.17. The molecule has 1 aliphatic heterocycles. The Hall–Kier alpha value is -2.92. The molecule has 0 radical (unpaired) electrons. The molecule has 1 fully saturated rings. The summed E-state index contributed by atoms with van der Waals surface area (Å²) in [5.41, 5.74) is 2.63. The first-order valence-corrected chi connectivity index (χ1v) is 10.7. The molecule has 4 rings (SSSR count). The predicted molar refractivity (Wildman–Crippen MR) is 121 cm³/mol. The Bertz CT molecular complexity index is 1010. The molecule has 0 bridgehead atoms. The van der Waals surface area contributed by atoms with E-state index in [4.69, 9.17) is 9.72 Å². The Morgan fingerprint density at radius 3 is 2.73 bits per heavy atom. The lowest BCUT2D eigenvalue weighted by molar-refractivity contribution is 0.0937. The van der Waals surface area contributed by atoms with Gasteiger partial charge in [-0.15, -0.1) is 0 Å². The zero-order valence-corrected chi connectivity index (χ0v) is 17.7. The average Bonchev–Trinajstić information content (AvgIpc) is 3.25. The molecule has 1 amide bonds. The number of ether oxygens (including phenoxy) is 1. The summed E-state index contributed by atoms with van der Waals surface area (Å²) in [5, 5.41) is 4.11. The van der Waals surface area contributed by atoms with Crippen LogP contribution in [0.4, 0.5) is 5.82 Å². The van der Waals surface area contributed by atoms with Gasteiger partial charge >= 0.3 is 0 Å². The molecule has 2 heterocycles. The molecule has 0 aliphatic carbocycles. The van der Waals surface area contributed by atoms with Gasteiger partial charge in [0.25, 0.3) is 5.91 Å². The van der Waals surface area contributed by atoms with Crippen molar-refractivity contribution >= 4 is 22.6 Å². The van der Waals surface area contributed by atoms with Crippen LogP contribution in [0.15, 0.2) is 60.7 Å². The van der Waals surface area contributed by atoms with Crippen molar-refractivity contribution in [2.24, 2.45) is 0 Å². The minimum absolute atomic E-state index is 0.0258. The second kappa shape index (κ2) is 9.26. The largest absolute Gasteiger partial charge is 0.383 e. The number of methoxy groups -OCH3 is 1. The summed E-state index contributed by atoms with van der Waals surface area (Å²) in [4.78, 5) is 20.6. The lowest BCUT2D eigenvalue weighted by atomic mass is 10.0. The van der Waals surface area contributed by atoms with Crippen LogP contribution in [0.25, 0.3) is 10.9 Å². The van der Waals surface area contributed by atoms with Gasteiger partial charge in [-0.3, -0.25) is 4.79 Å². The second-order valence-electron chi connectivity index (χ2n) is 7.83. The maximum absolute atomic E-state index is 13.4. The van der Waals surface area contributed by atoms with E-state index in [1.807, 2.05) is 48.5 Å². The topological polar surface area (TPSA) is 54.5 Å². The quantitative estimate of drug-likeness (QED) is 0.620. The fraction of sp³-hybridized carbons (Fsp3) is 0.360. The predicted octanol–water partition coefficient (Wildman–Crippen LogP) is 4.73. The van der Waals surface area contributed by atoms with Crippen molar-refractivity contribution in [2.75, 3.05) is 25.2 Å². The van der Waals surface area contributed by atoms with Gasteiger partial charge in [-0.25, -0.2) is 4.98 Å². The van der Waals surface area contributed by atoms with Crippen LogP contribution in [0.2, 0.25) is 0 Å². The van der Waals surface area contributed by atoms with Crippen LogP contribution in [0, 0.1) is 0 Å². The molecule has 3 aromatic rings. The van der Waals surface area contributed by atoms with Crippen LogP contribution in [0.5, 0.6) is 0 Å². The number of para-hydroxylation sites is 1. The van der Waals surface area contributed by atoms with Gasteiger partial charge < -0.3 is 15.0 Å². The highest BCUT2D eigenvalue weighted by molar-refractivity contribution is 6.07. The number of aromatic nitrogens is 1. The number of rotatable bonds is 7. The summed E-state index contributed by atoms with van der Waals surface area (Å²) in [6.45, 7) is 3.69. The summed E-state index contributed by atoms with van der Waals surface area (Å²) >= 11 is 0. The number of fused-ring (bicyclic) bond motifs is 1. The third-order valence-electron chi connectivity index (χ3n) is 5.89. The van der Waals surface area contributed by atoms with Crippen molar-refractivity contribution in [1.29, 1.82) is 0 Å². The third-order valence-corrected chi connectivity index (χ3v) is 5.89. The van der Waals surface area contributed by atoms with Gasteiger partial charge in [0.05, 0.1) is 29.8 Å². The molecule has 156 valence electrons. The Balaban J connectivity index is 1.69. The number of pyridine rings is 1. The number of amides is 1. The van der Waals surface area contributed by atoms with Gasteiger partial charge in [-0.05, 0) is 37.0 Å². The Morgan fingerprint density at radius 2 is 1.97 bits per heavy atom. The highest BCUT2D eigenvalue weighted by atomic mass is 16.5. The molecule has 2 unspecified atom stereocenters. The second-order valence-corrected chi connectivity index (χ2v) is 7.83. The van der Waals surface area contributed by atoms with Gasteiger partial charge in [0.15, 0.2) is 0 Å². The summed E-state index contributed by atoms with van der Waals surface area (Å²) in [6.07, 6.45) is 3.01. The molecule has 2 atom stereocenters. The first kappa shape index (κ1) is 20.4. The molecule has 5 nitrogen and oxygen atoms in total. The van der Waals surface area contributed by atoms with Crippen LogP contribution < -0.4 is 10.2 Å². The molecular weight excluding hydrogens is 374 g/mol. The molecule has 1 saturated heterocycles. The van der Waals surface area contributed by atoms with Crippen LogP contribution in [0.3, 0.4) is 0 Å². The number of anilines is 1. The fourth-order valence-electron chi connectivity index (χ4n) is 4.34. The van der Waals surface area contributed by atoms with Crippen LogP contribution in [-0.2, 0) is 4.74 Å². The summed E-state index contributed by atoms with van der Waals surface area (Å²) in [6, 6.07) is 20.2. The van der Waals surface area contributed by atoms with Crippen molar-refractivity contribution in [3.8, 4) is 0 Å². The minimum atomic E-state index is -0.0620. The first-order valence-electron chi connectivity index (χ1n) is 10.7. The SMILES string of the molecule is CCC(NC(=O)c1cc(N2CCCC2COC)nc2ccccc12)c1ccccc1. The lowest BCUT2D eigenvalue weighted by Gasteiger charge is -2.26. The maximum Gasteiger partial charge on any atom is 0.252 e. The molecule has 0 saturated carbocycles. The summed E-state index contributed by atoms with van der Waals surface area (Å²) in [5.74, 6) is 0.791. The van der Waals surface area contributed by atoms with Gasteiger partial charge in [-0.1, -0.05) is 55.5 Å². The normalized spacial score (nSPS) is 17.3. The van der Waals surface area contributed by atoms with Gasteiger partial charge in [0, 0.05) is 19.0 Å². The lowest BCUT2D eigenvalue weighted by Crippen LogP contribution is -2.34. The monoisotopic (exact) mass is 403 g/mol. The van der Waals surface area contributed by atoms with Crippen LogP contribution in [0.1, 0.15) is 48.1 Å². The Kier molecular flexibility index (Phi) is 6.29. The number of benzene rings is 2. The molecule has 5 heteroatoms. The highest BCUT2D eigenvalue weighted by Gasteiger charge is 2.27.